The minimum Gasteiger partial charge on any atom is -0.201 e. The van der Waals surface area contributed by atoms with Crippen molar-refractivity contribution in [1.29, 1.82) is 0 Å². The van der Waals surface area contributed by atoms with Crippen molar-refractivity contribution in [1.82, 2.24) is 0 Å². The van der Waals surface area contributed by atoms with Crippen molar-refractivity contribution in [3.63, 3.8) is 0 Å². The number of hydrogen-bond donors (Lipinski definition) is 1. The molecular weight excluding hydrogens is 198 g/mol. The number of fused-ring (bicyclic) bond motifs is 1. The fourth-order valence-electron chi connectivity index (χ4n) is 1.52. The average molecular weight is 206 g/mol. The van der Waals surface area contributed by atoms with Gasteiger partial charge in [-0.15, -0.1) is 24.0 Å². The Morgan fingerprint density at radius 1 is 1.50 bits per heavy atom. The molecule has 0 spiro atoms. The van der Waals surface area contributed by atoms with Crippen molar-refractivity contribution < 1.29 is 8.78 Å². The van der Waals surface area contributed by atoms with Gasteiger partial charge in [0.15, 0.2) is 0 Å². The summed E-state index contributed by atoms with van der Waals surface area (Å²) in [6.07, 6.45) is 1.37. The number of hydrogen-bond acceptors (Lipinski definition) is 2. The van der Waals surface area contributed by atoms with E-state index in [1.165, 1.54) is 17.4 Å². The molecule has 0 bridgehead atoms. The first-order chi connectivity index (χ1) is 5.59. The van der Waals surface area contributed by atoms with E-state index in [2.05, 4.69) is 12.6 Å². The summed E-state index contributed by atoms with van der Waals surface area (Å²) in [6, 6.07) is 1.50. The molecular formula is C8H8F2S2. The molecule has 1 aromatic heterocycles. The maximum atomic E-state index is 13.2. The van der Waals surface area contributed by atoms with Crippen LogP contribution in [0.2, 0.25) is 0 Å². The monoisotopic (exact) mass is 206 g/mol. The Morgan fingerprint density at radius 3 is 2.92 bits per heavy atom. The van der Waals surface area contributed by atoms with E-state index in [1.807, 2.05) is 0 Å². The second-order valence-electron chi connectivity index (χ2n) is 2.98. The zero-order valence-electron chi connectivity index (χ0n) is 6.31. The van der Waals surface area contributed by atoms with Crippen molar-refractivity contribution in [2.75, 3.05) is 0 Å². The van der Waals surface area contributed by atoms with Gasteiger partial charge >= 0.3 is 0 Å². The van der Waals surface area contributed by atoms with E-state index in [-0.39, 0.29) is 12.0 Å². The lowest BCUT2D eigenvalue weighted by molar-refractivity contribution is -0.0209. The molecule has 0 saturated heterocycles. The summed E-state index contributed by atoms with van der Waals surface area (Å²) in [4.78, 5) is 0.816. The number of halogens is 2. The van der Waals surface area contributed by atoms with E-state index in [1.54, 1.807) is 0 Å². The molecule has 4 heteroatoms. The minimum atomic E-state index is -2.61. The predicted octanol–water partition coefficient (Wildman–Crippen LogP) is 3.46. The topological polar surface area (TPSA) is 0 Å². The largest absolute Gasteiger partial charge is 0.274 e. The van der Waals surface area contributed by atoms with E-state index in [0.717, 1.165) is 11.3 Å². The molecule has 1 aliphatic carbocycles. The molecule has 66 valence electrons. The average Bonchev–Trinajstić information content (AvgIpc) is 2.30. The first-order valence-electron chi connectivity index (χ1n) is 3.79. The standard InChI is InChI=1S/C8H8F2S2/c9-8(10)3-1-2-6-5(8)4-7(11)12-6/h4,11H,1-3H2. The molecule has 0 radical (unpaired) electrons. The Balaban J connectivity index is 2.51. The molecule has 0 fully saturated rings. The molecule has 0 N–H and O–H groups in total. The molecule has 0 saturated carbocycles. The lowest BCUT2D eigenvalue weighted by Crippen LogP contribution is -2.18. The first-order valence-corrected chi connectivity index (χ1v) is 5.06. The SMILES string of the molecule is FC1(F)CCCc2sc(S)cc21. The summed E-state index contributed by atoms with van der Waals surface area (Å²) in [5.41, 5.74) is 0.212. The molecule has 0 aliphatic heterocycles. The fraction of sp³-hybridized carbons (Fsp3) is 0.500. The van der Waals surface area contributed by atoms with E-state index in [9.17, 15) is 8.78 Å². The van der Waals surface area contributed by atoms with Crippen LogP contribution in [-0.2, 0) is 12.3 Å². The van der Waals surface area contributed by atoms with E-state index in [0.29, 0.717) is 10.6 Å². The van der Waals surface area contributed by atoms with Gasteiger partial charge < -0.3 is 0 Å². The Morgan fingerprint density at radius 2 is 2.25 bits per heavy atom. The van der Waals surface area contributed by atoms with Crippen molar-refractivity contribution in [3.8, 4) is 0 Å². The Labute approximate surface area is 79.0 Å². The van der Waals surface area contributed by atoms with Gasteiger partial charge in [-0.25, -0.2) is 8.78 Å². The van der Waals surface area contributed by atoms with Gasteiger partial charge in [0.25, 0.3) is 5.92 Å². The molecule has 12 heavy (non-hydrogen) atoms. The van der Waals surface area contributed by atoms with E-state index < -0.39 is 5.92 Å². The summed E-state index contributed by atoms with van der Waals surface area (Å²) in [5.74, 6) is -2.61. The van der Waals surface area contributed by atoms with Crippen LogP contribution in [0.3, 0.4) is 0 Å². The molecule has 0 atom stereocenters. The van der Waals surface area contributed by atoms with Crippen molar-refractivity contribution in [2.24, 2.45) is 0 Å². The molecule has 1 heterocycles. The summed E-state index contributed by atoms with van der Waals surface area (Å²) in [5, 5.41) is 0. The van der Waals surface area contributed by atoms with Crippen LogP contribution < -0.4 is 0 Å². The highest BCUT2D eigenvalue weighted by atomic mass is 32.2. The second kappa shape index (κ2) is 2.70. The third kappa shape index (κ3) is 1.27. The second-order valence-corrected chi connectivity index (χ2v) is 4.90. The highest BCUT2D eigenvalue weighted by Gasteiger charge is 2.37. The third-order valence-electron chi connectivity index (χ3n) is 2.08. The summed E-state index contributed by atoms with van der Waals surface area (Å²) >= 11 is 5.45. The van der Waals surface area contributed by atoms with Crippen LogP contribution in [0.4, 0.5) is 8.78 Å². The Bertz CT molecular complexity index is 304. The predicted molar refractivity (Wildman–Crippen MR) is 48.4 cm³/mol. The Hall–Kier alpha value is -0.0900. The molecule has 1 aromatic rings. The van der Waals surface area contributed by atoms with Gasteiger partial charge in [0.2, 0.25) is 0 Å². The highest BCUT2D eigenvalue weighted by Crippen LogP contribution is 2.44. The van der Waals surface area contributed by atoms with Gasteiger partial charge in [0.1, 0.15) is 0 Å². The maximum Gasteiger partial charge on any atom is 0.274 e. The van der Waals surface area contributed by atoms with Crippen molar-refractivity contribution >= 4 is 24.0 Å². The van der Waals surface area contributed by atoms with Crippen molar-refractivity contribution in [3.05, 3.63) is 16.5 Å². The summed E-state index contributed by atoms with van der Waals surface area (Å²) in [7, 11) is 0. The van der Waals surface area contributed by atoms with Crippen LogP contribution in [0.1, 0.15) is 23.3 Å². The zero-order chi connectivity index (χ0) is 8.77. The quantitative estimate of drug-likeness (QED) is 0.617. The number of thiophene rings is 1. The maximum absolute atomic E-state index is 13.2. The van der Waals surface area contributed by atoms with Crippen LogP contribution in [0, 0.1) is 0 Å². The highest BCUT2D eigenvalue weighted by molar-refractivity contribution is 7.82. The van der Waals surface area contributed by atoms with Crippen LogP contribution in [0.5, 0.6) is 0 Å². The van der Waals surface area contributed by atoms with Gasteiger partial charge in [-0.05, 0) is 18.9 Å². The third-order valence-corrected chi connectivity index (χ3v) is 3.49. The van der Waals surface area contributed by atoms with Crippen LogP contribution in [0.25, 0.3) is 0 Å². The van der Waals surface area contributed by atoms with Crippen LogP contribution in [-0.4, -0.2) is 0 Å². The molecule has 0 aromatic carbocycles. The van der Waals surface area contributed by atoms with E-state index in [4.69, 9.17) is 0 Å². The van der Waals surface area contributed by atoms with Gasteiger partial charge in [-0.3, -0.25) is 0 Å². The zero-order valence-corrected chi connectivity index (χ0v) is 8.02. The van der Waals surface area contributed by atoms with Gasteiger partial charge in [-0.1, -0.05) is 0 Å². The fourth-order valence-corrected chi connectivity index (χ4v) is 2.97. The first kappa shape index (κ1) is 8.51. The normalized spacial score (nSPS) is 20.6. The van der Waals surface area contributed by atoms with Crippen molar-refractivity contribution in [2.45, 2.75) is 29.4 Å². The molecule has 1 aliphatic rings. The minimum absolute atomic E-state index is 0.00997. The summed E-state index contributed by atoms with van der Waals surface area (Å²) < 4.78 is 27.1. The molecule has 0 amide bonds. The summed E-state index contributed by atoms with van der Waals surface area (Å²) in [6.45, 7) is 0. The van der Waals surface area contributed by atoms with Gasteiger partial charge in [0.05, 0.1) is 4.21 Å². The van der Waals surface area contributed by atoms with Gasteiger partial charge in [0, 0.05) is 16.9 Å². The number of thiol groups is 1. The molecule has 0 unspecified atom stereocenters. The number of alkyl halides is 2. The van der Waals surface area contributed by atoms with Gasteiger partial charge in [-0.2, -0.15) is 0 Å². The lowest BCUT2D eigenvalue weighted by atomic mass is 9.96. The molecule has 0 nitrogen and oxygen atoms in total. The van der Waals surface area contributed by atoms with Crippen LogP contribution >= 0.6 is 24.0 Å². The smallest absolute Gasteiger partial charge is 0.201 e. The van der Waals surface area contributed by atoms with Crippen LogP contribution in [0.15, 0.2) is 10.3 Å². The lowest BCUT2D eigenvalue weighted by Gasteiger charge is -2.21. The Kier molecular flexibility index (Phi) is 1.92. The number of aryl methyl sites for hydroxylation is 1. The number of rotatable bonds is 0. The van der Waals surface area contributed by atoms with E-state index >= 15 is 0 Å². The molecule has 2 rings (SSSR count).